The predicted octanol–water partition coefficient (Wildman–Crippen LogP) is 5.88. The molecule has 0 N–H and O–H groups in total. The Hall–Kier alpha value is -3.28. The first-order valence-corrected chi connectivity index (χ1v) is 9.95. The molecule has 0 aliphatic carbocycles. The van der Waals surface area contributed by atoms with Crippen LogP contribution in [0.25, 0.3) is 6.08 Å². The monoisotopic (exact) mass is 456 g/mol. The van der Waals surface area contributed by atoms with Crippen LogP contribution in [0, 0.1) is 0 Å². The maximum atomic E-state index is 12.2. The molecule has 0 spiro atoms. The third-order valence-electron chi connectivity index (χ3n) is 4.15. The minimum Gasteiger partial charge on any atom is -0.497 e. The van der Waals surface area contributed by atoms with Crippen molar-refractivity contribution in [3.05, 3.63) is 94.0 Å². The van der Waals surface area contributed by atoms with Gasteiger partial charge in [0.15, 0.2) is 12.4 Å². The smallest absolute Gasteiger partial charge is 0.349 e. The third kappa shape index (κ3) is 6.60. The van der Waals surface area contributed by atoms with Crippen molar-refractivity contribution in [2.24, 2.45) is 0 Å². The molecule has 3 rings (SSSR count). The number of benzene rings is 3. The molecule has 3 aromatic carbocycles. The molecule has 0 amide bonds. The number of halogens is 2. The van der Waals surface area contributed by atoms with E-state index in [0.29, 0.717) is 32.9 Å². The second kappa shape index (κ2) is 10.7. The predicted molar refractivity (Wildman–Crippen MR) is 120 cm³/mol. The summed E-state index contributed by atoms with van der Waals surface area (Å²) in [5, 5.41) is 0.778. The summed E-state index contributed by atoms with van der Waals surface area (Å²) in [6.07, 6.45) is 3.16. The van der Waals surface area contributed by atoms with Crippen molar-refractivity contribution in [1.29, 1.82) is 0 Å². The fourth-order valence-electron chi connectivity index (χ4n) is 2.56. The van der Waals surface area contributed by atoms with Gasteiger partial charge in [-0.2, -0.15) is 0 Å². The maximum absolute atomic E-state index is 12.2. The summed E-state index contributed by atoms with van der Waals surface area (Å²) in [7, 11) is 1.57. The minimum absolute atomic E-state index is 0.129. The molecule has 0 saturated heterocycles. The SMILES string of the molecule is COc1ccc(C(=O)C=Cc2ccc(OC(=O)COc3ccc(Cl)cc3Cl)cc2)cc1. The van der Waals surface area contributed by atoms with Gasteiger partial charge >= 0.3 is 5.97 Å². The summed E-state index contributed by atoms with van der Waals surface area (Å²) in [4.78, 5) is 24.2. The second-order valence-electron chi connectivity index (χ2n) is 6.33. The van der Waals surface area contributed by atoms with E-state index in [4.69, 9.17) is 37.4 Å². The normalized spacial score (nSPS) is 10.7. The largest absolute Gasteiger partial charge is 0.497 e. The molecule has 158 valence electrons. The van der Waals surface area contributed by atoms with Crippen LogP contribution < -0.4 is 14.2 Å². The van der Waals surface area contributed by atoms with Crippen molar-refractivity contribution in [3.8, 4) is 17.2 Å². The lowest BCUT2D eigenvalue weighted by molar-refractivity contribution is -0.136. The van der Waals surface area contributed by atoms with Crippen LogP contribution >= 0.6 is 23.2 Å². The van der Waals surface area contributed by atoms with Crippen LogP contribution in [0.2, 0.25) is 10.0 Å². The Labute approximate surface area is 189 Å². The fourth-order valence-corrected chi connectivity index (χ4v) is 3.02. The molecule has 31 heavy (non-hydrogen) atoms. The number of esters is 1. The maximum Gasteiger partial charge on any atom is 0.349 e. The zero-order valence-electron chi connectivity index (χ0n) is 16.5. The van der Waals surface area contributed by atoms with Gasteiger partial charge in [-0.1, -0.05) is 41.4 Å². The van der Waals surface area contributed by atoms with Gasteiger partial charge in [-0.15, -0.1) is 0 Å². The highest BCUT2D eigenvalue weighted by molar-refractivity contribution is 6.35. The zero-order chi connectivity index (χ0) is 22.2. The van der Waals surface area contributed by atoms with Gasteiger partial charge in [-0.05, 0) is 66.2 Å². The van der Waals surface area contributed by atoms with Crippen LogP contribution in [-0.4, -0.2) is 25.5 Å². The highest BCUT2D eigenvalue weighted by atomic mass is 35.5. The van der Waals surface area contributed by atoms with E-state index in [1.165, 1.54) is 12.1 Å². The molecule has 5 nitrogen and oxygen atoms in total. The number of rotatable bonds is 8. The number of methoxy groups -OCH3 is 1. The molecule has 0 radical (unpaired) electrons. The van der Waals surface area contributed by atoms with Gasteiger partial charge in [-0.25, -0.2) is 4.79 Å². The number of hydrogen-bond acceptors (Lipinski definition) is 5. The molecule has 0 saturated carbocycles. The van der Waals surface area contributed by atoms with Crippen LogP contribution in [0.3, 0.4) is 0 Å². The first-order valence-electron chi connectivity index (χ1n) is 9.19. The van der Waals surface area contributed by atoms with Crippen molar-refractivity contribution < 1.29 is 23.8 Å². The number of carbonyl (C=O) groups is 2. The summed E-state index contributed by atoms with van der Waals surface area (Å²) in [6, 6.07) is 18.3. The van der Waals surface area contributed by atoms with E-state index in [2.05, 4.69) is 0 Å². The first-order chi connectivity index (χ1) is 14.9. The second-order valence-corrected chi connectivity index (χ2v) is 7.18. The molecular formula is C24H18Cl2O5. The van der Waals surface area contributed by atoms with Gasteiger partial charge in [-0.3, -0.25) is 4.79 Å². The molecular weight excluding hydrogens is 439 g/mol. The van der Waals surface area contributed by atoms with E-state index >= 15 is 0 Å². The molecule has 0 aliphatic heterocycles. The molecule has 0 heterocycles. The fraction of sp³-hybridized carbons (Fsp3) is 0.0833. The van der Waals surface area contributed by atoms with Crippen molar-refractivity contribution in [2.45, 2.75) is 0 Å². The molecule has 3 aromatic rings. The van der Waals surface area contributed by atoms with Gasteiger partial charge in [0.1, 0.15) is 17.2 Å². The molecule has 0 fully saturated rings. The van der Waals surface area contributed by atoms with E-state index in [9.17, 15) is 9.59 Å². The first kappa shape index (κ1) is 22.4. The topological polar surface area (TPSA) is 61.8 Å². The summed E-state index contributed by atoms with van der Waals surface area (Å²) < 4.78 is 15.7. The van der Waals surface area contributed by atoms with Crippen LogP contribution in [-0.2, 0) is 4.79 Å². The van der Waals surface area contributed by atoms with Crippen LogP contribution in [0.1, 0.15) is 15.9 Å². The van der Waals surface area contributed by atoms with Crippen LogP contribution in [0.5, 0.6) is 17.2 Å². The van der Waals surface area contributed by atoms with Crippen molar-refractivity contribution in [3.63, 3.8) is 0 Å². The van der Waals surface area contributed by atoms with Crippen LogP contribution in [0.4, 0.5) is 0 Å². The number of hydrogen-bond donors (Lipinski definition) is 0. The molecule has 0 atom stereocenters. The standard InChI is InChI=1S/C24H18Cl2O5/c1-29-19-10-5-17(6-11-19)22(27)12-4-16-2-8-20(9-3-16)31-24(28)15-30-23-13-7-18(25)14-21(23)26/h2-14H,15H2,1H3. The molecule has 0 aromatic heterocycles. The Morgan fingerprint density at radius 2 is 1.58 bits per heavy atom. The van der Waals surface area contributed by atoms with Gasteiger partial charge in [0.2, 0.25) is 0 Å². The van der Waals surface area contributed by atoms with Crippen molar-refractivity contribution in [2.75, 3.05) is 13.7 Å². The summed E-state index contributed by atoms with van der Waals surface area (Å²) in [6.45, 7) is -0.306. The molecule has 0 bridgehead atoms. The number of ketones is 1. The molecule has 0 aliphatic rings. The van der Waals surface area contributed by atoms with E-state index in [-0.39, 0.29) is 12.4 Å². The average Bonchev–Trinajstić information content (AvgIpc) is 2.78. The Balaban J connectivity index is 1.52. The highest BCUT2D eigenvalue weighted by Crippen LogP contribution is 2.27. The lowest BCUT2D eigenvalue weighted by Crippen LogP contribution is -2.17. The molecule has 7 heteroatoms. The van der Waals surface area contributed by atoms with E-state index in [0.717, 1.165) is 5.56 Å². The van der Waals surface area contributed by atoms with Crippen LogP contribution in [0.15, 0.2) is 72.8 Å². The minimum atomic E-state index is -0.580. The summed E-state index contributed by atoms with van der Waals surface area (Å²) in [5.41, 5.74) is 1.34. The quantitative estimate of drug-likeness (QED) is 0.183. The van der Waals surface area contributed by atoms with E-state index in [1.807, 2.05) is 0 Å². The Bertz CT molecular complexity index is 1090. The van der Waals surface area contributed by atoms with E-state index < -0.39 is 5.97 Å². The van der Waals surface area contributed by atoms with E-state index in [1.54, 1.807) is 73.8 Å². The highest BCUT2D eigenvalue weighted by Gasteiger charge is 2.09. The average molecular weight is 457 g/mol. The third-order valence-corrected chi connectivity index (χ3v) is 4.68. The summed E-state index contributed by atoms with van der Waals surface area (Å²) in [5.74, 6) is 0.673. The number of ether oxygens (including phenoxy) is 3. The molecule has 0 unspecified atom stereocenters. The Morgan fingerprint density at radius 3 is 2.23 bits per heavy atom. The zero-order valence-corrected chi connectivity index (χ0v) is 18.0. The van der Waals surface area contributed by atoms with Gasteiger partial charge < -0.3 is 14.2 Å². The number of allylic oxidation sites excluding steroid dienone is 1. The summed E-state index contributed by atoms with van der Waals surface area (Å²) >= 11 is 11.8. The van der Waals surface area contributed by atoms with Crippen molar-refractivity contribution in [1.82, 2.24) is 0 Å². The lowest BCUT2D eigenvalue weighted by Gasteiger charge is -2.08. The number of carbonyl (C=O) groups excluding carboxylic acids is 2. The Morgan fingerprint density at radius 1 is 0.903 bits per heavy atom. The van der Waals surface area contributed by atoms with Gasteiger partial charge in [0.05, 0.1) is 12.1 Å². The van der Waals surface area contributed by atoms with Gasteiger partial charge in [0.25, 0.3) is 0 Å². The lowest BCUT2D eigenvalue weighted by atomic mass is 10.1. The Kier molecular flexibility index (Phi) is 7.70. The van der Waals surface area contributed by atoms with Crippen molar-refractivity contribution >= 4 is 41.0 Å². The van der Waals surface area contributed by atoms with Gasteiger partial charge in [0, 0.05) is 10.6 Å².